The van der Waals surface area contributed by atoms with Gasteiger partial charge in [-0.15, -0.1) is 0 Å². The fourth-order valence-electron chi connectivity index (χ4n) is 1.90. The van der Waals surface area contributed by atoms with E-state index in [0.29, 0.717) is 6.20 Å². The van der Waals surface area contributed by atoms with Crippen LogP contribution in [0, 0.1) is 0 Å². The predicted octanol–water partition coefficient (Wildman–Crippen LogP) is 1.87. The third kappa shape index (κ3) is 3.20. The Morgan fingerprint density at radius 2 is 2.05 bits per heavy atom. The van der Waals surface area contributed by atoms with E-state index in [9.17, 15) is 21.6 Å². The predicted molar refractivity (Wildman–Crippen MR) is 68.0 cm³/mol. The molecule has 0 atom stereocenters. The number of hydrogen-bond acceptors (Lipinski definition) is 5. The summed E-state index contributed by atoms with van der Waals surface area (Å²) in [5.41, 5.74) is -2.26. The van der Waals surface area contributed by atoms with Gasteiger partial charge in [0, 0.05) is 13.5 Å². The van der Waals surface area contributed by atoms with E-state index < -0.39 is 38.6 Å². The first-order chi connectivity index (χ1) is 9.42. The van der Waals surface area contributed by atoms with Gasteiger partial charge in [0.05, 0.1) is 23.2 Å². The zero-order valence-corrected chi connectivity index (χ0v) is 12.4. The number of sulfone groups is 1. The number of hydrogen-bond donors (Lipinski definition) is 0. The van der Waals surface area contributed by atoms with Gasteiger partial charge in [-0.1, -0.05) is 5.16 Å². The van der Waals surface area contributed by atoms with E-state index in [1.807, 2.05) is 0 Å². The zero-order chi connectivity index (χ0) is 16.1. The average Bonchev–Trinajstić information content (AvgIpc) is 2.82. The number of rotatable bonds is 2. The summed E-state index contributed by atoms with van der Waals surface area (Å²) in [5.74, 6) is -0.823. The molecule has 0 spiro atoms. The summed E-state index contributed by atoms with van der Waals surface area (Å²) in [6, 6.07) is 0. The largest absolute Gasteiger partial charge is 0.419 e. The Labute approximate surface area is 119 Å². The quantitative estimate of drug-likeness (QED) is 0.832. The Morgan fingerprint density at radius 1 is 1.43 bits per heavy atom. The van der Waals surface area contributed by atoms with Crippen molar-refractivity contribution in [2.75, 3.05) is 0 Å². The smallest absolute Gasteiger partial charge is 0.389 e. The Hall–Kier alpha value is -1.58. The standard InChI is InChI=1S/C11H14F3N3O3S/c1-10(2)4-9(16-20-10)21(18,19)6-8-7(11(12,13)14)5-15-17(8)3/h5H,4,6H2,1-3H3. The maximum atomic E-state index is 12.8. The Kier molecular flexibility index (Phi) is 3.55. The van der Waals surface area contributed by atoms with Crippen molar-refractivity contribution in [3.63, 3.8) is 0 Å². The average molecular weight is 325 g/mol. The number of nitrogens with zero attached hydrogens (tertiary/aromatic N) is 3. The number of halogens is 3. The summed E-state index contributed by atoms with van der Waals surface area (Å²) in [6.07, 6.45) is -4.03. The molecule has 0 aromatic carbocycles. The molecule has 10 heteroatoms. The topological polar surface area (TPSA) is 73.5 Å². The molecule has 0 saturated heterocycles. The summed E-state index contributed by atoms with van der Waals surface area (Å²) < 4.78 is 63.8. The highest BCUT2D eigenvalue weighted by atomic mass is 32.2. The fourth-order valence-corrected chi connectivity index (χ4v) is 3.49. The summed E-state index contributed by atoms with van der Waals surface area (Å²) in [7, 11) is -2.73. The third-order valence-corrected chi connectivity index (χ3v) is 4.61. The van der Waals surface area contributed by atoms with Crippen LogP contribution in [0.1, 0.15) is 31.5 Å². The lowest BCUT2D eigenvalue weighted by molar-refractivity contribution is -0.138. The summed E-state index contributed by atoms with van der Waals surface area (Å²) in [4.78, 5) is 4.95. The highest BCUT2D eigenvalue weighted by Gasteiger charge is 2.40. The third-order valence-electron chi connectivity index (χ3n) is 3.02. The van der Waals surface area contributed by atoms with Gasteiger partial charge in [0.25, 0.3) is 0 Å². The van der Waals surface area contributed by atoms with Gasteiger partial charge in [-0.05, 0) is 13.8 Å². The first kappa shape index (κ1) is 15.8. The van der Waals surface area contributed by atoms with Crippen molar-refractivity contribution in [2.45, 2.75) is 37.8 Å². The van der Waals surface area contributed by atoms with E-state index in [-0.39, 0.29) is 11.5 Å². The fraction of sp³-hybridized carbons (Fsp3) is 0.636. The zero-order valence-electron chi connectivity index (χ0n) is 11.6. The molecule has 21 heavy (non-hydrogen) atoms. The van der Waals surface area contributed by atoms with Crippen molar-refractivity contribution in [3.05, 3.63) is 17.5 Å². The first-order valence-corrected chi connectivity index (χ1v) is 7.63. The van der Waals surface area contributed by atoms with Crippen LogP contribution in [-0.4, -0.2) is 28.8 Å². The summed E-state index contributed by atoms with van der Waals surface area (Å²) in [5, 5.41) is 6.72. The Balaban J connectivity index is 2.33. The highest BCUT2D eigenvalue weighted by molar-refractivity contribution is 8.05. The molecule has 0 unspecified atom stereocenters. The molecule has 1 aliphatic heterocycles. The first-order valence-electron chi connectivity index (χ1n) is 5.98. The maximum Gasteiger partial charge on any atom is 0.419 e. The van der Waals surface area contributed by atoms with Crippen LogP contribution in [0.15, 0.2) is 11.4 Å². The van der Waals surface area contributed by atoms with Crippen LogP contribution in [0.3, 0.4) is 0 Å². The van der Waals surface area contributed by atoms with Crippen LogP contribution in [0.4, 0.5) is 13.2 Å². The van der Waals surface area contributed by atoms with Crippen LogP contribution in [0.2, 0.25) is 0 Å². The van der Waals surface area contributed by atoms with E-state index in [2.05, 4.69) is 10.3 Å². The van der Waals surface area contributed by atoms with Crippen molar-refractivity contribution >= 4 is 14.9 Å². The molecule has 6 nitrogen and oxygen atoms in total. The van der Waals surface area contributed by atoms with Crippen molar-refractivity contribution in [1.29, 1.82) is 0 Å². The normalized spacial score (nSPS) is 18.5. The molecule has 0 aliphatic carbocycles. The van der Waals surface area contributed by atoms with Crippen LogP contribution in [-0.2, 0) is 33.7 Å². The molecule has 0 radical (unpaired) electrons. The van der Waals surface area contributed by atoms with Gasteiger partial charge >= 0.3 is 6.18 Å². The maximum absolute atomic E-state index is 12.8. The molecule has 0 fully saturated rings. The Bertz CT molecular complexity index is 689. The van der Waals surface area contributed by atoms with Crippen LogP contribution >= 0.6 is 0 Å². The lowest BCUT2D eigenvalue weighted by atomic mass is 10.1. The molecule has 1 aromatic rings. The van der Waals surface area contributed by atoms with Gasteiger partial charge in [-0.25, -0.2) is 8.42 Å². The number of aryl methyl sites for hydroxylation is 1. The number of oxime groups is 1. The van der Waals surface area contributed by atoms with E-state index in [4.69, 9.17) is 4.84 Å². The van der Waals surface area contributed by atoms with Crippen LogP contribution < -0.4 is 0 Å². The highest BCUT2D eigenvalue weighted by Crippen LogP contribution is 2.33. The number of aromatic nitrogens is 2. The SMILES string of the molecule is Cn1ncc(C(F)(F)F)c1CS(=O)(=O)C1=NOC(C)(C)C1. The summed E-state index contributed by atoms with van der Waals surface area (Å²) in [6.45, 7) is 3.29. The van der Waals surface area contributed by atoms with Gasteiger partial charge < -0.3 is 4.84 Å². The molecular weight excluding hydrogens is 311 g/mol. The monoisotopic (exact) mass is 325 g/mol. The lowest BCUT2D eigenvalue weighted by Gasteiger charge is -2.13. The van der Waals surface area contributed by atoms with Gasteiger partial charge in [-0.2, -0.15) is 18.3 Å². The molecule has 0 amide bonds. The second-order valence-electron chi connectivity index (χ2n) is 5.40. The minimum Gasteiger partial charge on any atom is -0.389 e. The van der Waals surface area contributed by atoms with Gasteiger partial charge in [-0.3, -0.25) is 4.68 Å². The molecule has 1 aliphatic rings. The van der Waals surface area contributed by atoms with Crippen molar-refractivity contribution in [3.8, 4) is 0 Å². The van der Waals surface area contributed by atoms with Crippen LogP contribution in [0.5, 0.6) is 0 Å². The van der Waals surface area contributed by atoms with E-state index in [0.717, 1.165) is 4.68 Å². The second kappa shape index (κ2) is 4.72. The Morgan fingerprint density at radius 3 is 2.52 bits per heavy atom. The molecular formula is C11H14F3N3O3S. The second-order valence-corrected chi connectivity index (χ2v) is 7.39. The molecule has 118 valence electrons. The van der Waals surface area contributed by atoms with Crippen molar-refractivity contribution in [1.82, 2.24) is 9.78 Å². The summed E-state index contributed by atoms with van der Waals surface area (Å²) >= 11 is 0. The molecule has 0 bridgehead atoms. The molecule has 2 rings (SSSR count). The van der Waals surface area contributed by atoms with Crippen molar-refractivity contribution in [2.24, 2.45) is 12.2 Å². The van der Waals surface area contributed by atoms with E-state index in [1.54, 1.807) is 13.8 Å². The van der Waals surface area contributed by atoms with Gasteiger partial charge in [0.1, 0.15) is 5.60 Å². The molecule has 0 N–H and O–H groups in total. The van der Waals surface area contributed by atoms with E-state index >= 15 is 0 Å². The number of alkyl halides is 3. The molecule has 0 saturated carbocycles. The molecule has 1 aromatic heterocycles. The molecule has 2 heterocycles. The van der Waals surface area contributed by atoms with E-state index in [1.165, 1.54) is 7.05 Å². The van der Waals surface area contributed by atoms with Crippen LogP contribution in [0.25, 0.3) is 0 Å². The minimum absolute atomic E-state index is 0.0224. The van der Waals surface area contributed by atoms with Crippen molar-refractivity contribution < 1.29 is 26.4 Å². The van der Waals surface area contributed by atoms with Gasteiger partial charge in [0.2, 0.25) is 9.84 Å². The lowest BCUT2D eigenvalue weighted by Crippen LogP contribution is -2.24. The minimum atomic E-state index is -4.66. The van der Waals surface area contributed by atoms with Gasteiger partial charge in [0.15, 0.2) is 5.04 Å².